The van der Waals surface area contributed by atoms with Crippen LogP contribution >= 0.6 is 23.7 Å². The van der Waals surface area contributed by atoms with Gasteiger partial charge in [-0.05, 0) is 35.2 Å². The fourth-order valence-corrected chi connectivity index (χ4v) is 3.84. The highest BCUT2D eigenvalue weighted by molar-refractivity contribution is 7.17. The van der Waals surface area contributed by atoms with Gasteiger partial charge in [0.15, 0.2) is 0 Å². The maximum Gasteiger partial charge on any atom is 0.222 e. The molecule has 22 heavy (non-hydrogen) atoms. The topological polar surface area (TPSA) is 32.3 Å². The summed E-state index contributed by atoms with van der Waals surface area (Å²) in [5.74, 6) is 0.329. The molecule has 0 spiro atoms. The number of halogens is 1. The molecule has 0 aliphatic carbocycles. The van der Waals surface area contributed by atoms with Crippen molar-refractivity contribution in [2.45, 2.75) is 32.2 Å². The fourth-order valence-electron chi connectivity index (χ4n) is 2.88. The summed E-state index contributed by atoms with van der Waals surface area (Å²) in [6.45, 7) is 3.52. The number of thiophene rings is 1. The van der Waals surface area contributed by atoms with E-state index >= 15 is 0 Å². The molecule has 0 bridgehead atoms. The first-order valence-electron chi connectivity index (χ1n) is 7.78. The number of benzene rings is 1. The zero-order valence-electron chi connectivity index (χ0n) is 12.7. The van der Waals surface area contributed by atoms with Crippen LogP contribution in [0.5, 0.6) is 0 Å². The molecule has 1 aromatic heterocycles. The third-order valence-corrected chi connectivity index (χ3v) is 5.12. The number of carbonyl (C=O) groups excluding carboxylic acids is 1. The first-order chi connectivity index (χ1) is 10.3. The van der Waals surface area contributed by atoms with E-state index in [0.717, 1.165) is 45.4 Å². The average Bonchev–Trinajstić information content (AvgIpc) is 2.81. The van der Waals surface area contributed by atoms with Crippen molar-refractivity contribution in [2.24, 2.45) is 0 Å². The molecule has 1 N–H and O–H groups in total. The predicted octanol–water partition coefficient (Wildman–Crippen LogP) is 3.82. The van der Waals surface area contributed by atoms with Crippen LogP contribution in [0.4, 0.5) is 0 Å². The predicted molar refractivity (Wildman–Crippen MR) is 95.8 cm³/mol. The quantitative estimate of drug-likeness (QED) is 0.841. The first kappa shape index (κ1) is 17.3. The number of amides is 1. The Morgan fingerprint density at radius 3 is 2.95 bits per heavy atom. The molecule has 5 heteroatoms. The maximum atomic E-state index is 11.9. The molecule has 2 aromatic rings. The Labute approximate surface area is 142 Å². The molecule has 3 rings (SSSR count). The van der Waals surface area contributed by atoms with Gasteiger partial charge >= 0.3 is 0 Å². The van der Waals surface area contributed by atoms with Crippen LogP contribution in [-0.4, -0.2) is 30.4 Å². The van der Waals surface area contributed by atoms with E-state index in [1.807, 2.05) is 4.90 Å². The normalized spacial score (nSPS) is 15.6. The van der Waals surface area contributed by atoms with E-state index in [2.05, 4.69) is 35.0 Å². The molecule has 1 fully saturated rings. The van der Waals surface area contributed by atoms with Gasteiger partial charge in [0.1, 0.15) is 0 Å². The third kappa shape index (κ3) is 4.22. The number of nitrogens with one attached hydrogen (secondary N) is 1. The van der Waals surface area contributed by atoms with Crippen LogP contribution in [-0.2, 0) is 11.3 Å². The van der Waals surface area contributed by atoms with Gasteiger partial charge in [0.25, 0.3) is 0 Å². The molecule has 2 heterocycles. The van der Waals surface area contributed by atoms with E-state index in [1.54, 1.807) is 11.3 Å². The second-order valence-corrected chi connectivity index (χ2v) is 6.54. The van der Waals surface area contributed by atoms with Crippen molar-refractivity contribution in [3.63, 3.8) is 0 Å². The van der Waals surface area contributed by atoms with E-state index < -0.39 is 0 Å². The summed E-state index contributed by atoms with van der Waals surface area (Å²) in [6.07, 6.45) is 4.14. The second-order valence-electron chi connectivity index (χ2n) is 5.63. The van der Waals surface area contributed by atoms with Crippen LogP contribution in [0.15, 0.2) is 29.6 Å². The number of likely N-dealkylation sites (tertiary alicyclic amines) is 1. The van der Waals surface area contributed by atoms with E-state index in [-0.39, 0.29) is 12.4 Å². The van der Waals surface area contributed by atoms with Crippen molar-refractivity contribution < 1.29 is 4.79 Å². The molecule has 1 aliphatic heterocycles. The van der Waals surface area contributed by atoms with Crippen LogP contribution in [0.3, 0.4) is 0 Å². The van der Waals surface area contributed by atoms with Crippen molar-refractivity contribution in [1.29, 1.82) is 0 Å². The highest BCUT2D eigenvalue weighted by Gasteiger charge is 2.15. The fraction of sp³-hybridized carbons (Fsp3) is 0.471. The number of nitrogens with zero attached hydrogens (tertiary/aromatic N) is 1. The zero-order chi connectivity index (χ0) is 14.5. The molecule has 120 valence electrons. The highest BCUT2D eigenvalue weighted by Crippen LogP contribution is 2.25. The Bertz CT molecular complexity index is 613. The molecule has 1 saturated heterocycles. The lowest BCUT2D eigenvalue weighted by Crippen LogP contribution is -2.36. The van der Waals surface area contributed by atoms with E-state index in [9.17, 15) is 4.79 Å². The molecule has 0 saturated carbocycles. The molecular weight excluding hydrogens is 316 g/mol. The van der Waals surface area contributed by atoms with Crippen LogP contribution in [0.1, 0.15) is 31.2 Å². The maximum absolute atomic E-state index is 11.9. The summed E-state index contributed by atoms with van der Waals surface area (Å²) in [6, 6.07) is 8.52. The Morgan fingerprint density at radius 1 is 1.18 bits per heavy atom. The highest BCUT2D eigenvalue weighted by atomic mass is 35.5. The Hall–Kier alpha value is -1.10. The SMILES string of the molecule is Cl.O=C1CCCCCN1CCNCc1csc2ccccc12. The summed E-state index contributed by atoms with van der Waals surface area (Å²) in [7, 11) is 0. The summed E-state index contributed by atoms with van der Waals surface area (Å²) in [5, 5.41) is 7.06. The van der Waals surface area contributed by atoms with Crippen molar-refractivity contribution in [3.05, 3.63) is 35.2 Å². The van der Waals surface area contributed by atoms with E-state index in [4.69, 9.17) is 0 Å². The Balaban J connectivity index is 0.00000176. The third-order valence-electron chi connectivity index (χ3n) is 4.11. The summed E-state index contributed by atoms with van der Waals surface area (Å²) in [4.78, 5) is 13.9. The molecular formula is C17H23ClN2OS. The molecule has 0 radical (unpaired) electrons. The Morgan fingerprint density at radius 2 is 2.05 bits per heavy atom. The van der Waals surface area contributed by atoms with Gasteiger partial charge in [-0.3, -0.25) is 4.79 Å². The van der Waals surface area contributed by atoms with E-state index in [0.29, 0.717) is 5.91 Å². The largest absolute Gasteiger partial charge is 0.341 e. The van der Waals surface area contributed by atoms with Gasteiger partial charge in [-0.25, -0.2) is 0 Å². The van der Waals surface area contributed by atoms with Crippen molar-refractivity contribution in [3.8, 4) is 0 Å². The lowest BCUT2D eigenvalue weighted by Gasteiger charge is -2.20. The minimum atomic E-state index is 0. The zero-order valence-corrected chi connectivity index (χ0v) is 14.3. The van der Waals surface area contributed by atoms with Crippen LogP contribution in [0.2, 0.25) is 0 Å². The average molecular weight is 339 g/mol. The van der Waals surface area contributed by atoms with Crippen molar-refractivity contribution in [1.82, 2.24) is 10.2 Å². The lowest BCUT2D eigenvalue weighted by atomic mass is 10.2. The number of hydrogen-bond acceptors (Lipinski definition) is 3. The smallest absolute Gasteiger partial charge is 0.222 e. The van der Waals surface area contributed by atoms with E-state index in [1.165, 1.54) is 22.1 Å². The van der Waals surface area contributed by atoms with Gasteiger partial charge in [0.05, 0.1) is 0 Å². The molecule has 0 unspecified atom stereocenters. The van der Waals surface area contributed by atoms with Crippen LogP contribution < -0.4 is 5.32 Å². The Kier molecular flexibility index (Phi) is 6.68. The second kappa shape index (κ2) is 8.51. The number of fused-ring (bicyclic) bond motifs is 1. The number of rotatable bonds is 5. The van der Waals surface area contributed by atoms with Crippen molar-refractivity contribution >= 4 is 39.7 Å². The van der Waals surface area contributed by atoms with Gasteiger partial charge in [0, 0.05) is 37.3 Å². The lowest BCUT2D eigenvalue weighted by molar-refractivity contribution is -0.130. The first-order valence-corrected chi connectivity index (χ1v) is 8.66. The van der Waals surface area contributed by atoms with Gasteiger partial charge in [-0.1, -0.05) is 24.6 Å². The number of carbonyl (C=O) groups is 1. The molecule has 3 nitrogen and oxygen atoms in total. The van der Waals surface area contributed by atoms with Gasteiger partial charge in [-0.15, -0.1) is 23.7 Å². The van der Waals surface area contributed by atoms with Crippen LogP contribution in [0, 0.1) is 0 Å². The minimum Gasteiger partial charge on any atom is -0.341 e. The van der Waals surface area contributed by atoms with Gasteiger partial charge in [0.2, 0.25) is 5.91 Å². The monoisotopic (exact) mass is 338 g/mol. The summed E-state index contributed by atoms with van der Waals surface area (Å²) in [5.41, 5.74) is 1.36. The summed E-state index contributed by atoms with van der Waals surface area (Å²) >= 11 is 1.80. The molecule has 0 atom stereocenters. The van der Waals surface area contributed by atoms with Gasteiger partial charge in [-0.2, -0.15) is 0 Å². The summed E-state index contributed by atoms with van der Waals surface area (Å²) < 4.78 is 1.34. The van der Waals surface area contributed by atoms with Crippen molar-refractivity contribution in [2.75, 3.05) is 19.6 Å². The molecule has 1 amide bonds. The van der Waals surface area contributed by atoms with Gasteiger partial charge < -0.3 is 10.2 Å². The minimum absolute atomic E-state index is 0. The molecule has 1 aliphatic rings. The van der Waals surface area contributed by atoms with Crippen LogP contribution in [0.25, 0.3) is 10.1 Å². The molecule has 1 aromatic carbocycles. The standard InChI is InChI=1S/C17H22N2OS.ClH/c20-17-8-2-1-5-10-19(17)11-9-18-12-14-13-21-16-7-4-3-6-15(14)16;/h3-4,6-7,13,18H,1-2,5,8-12H2;1H. The number of hydrogen-bond donors (Lipinski definition) is 1.